The van der Waals surface area contributed by atoms with Crippen molar-refractivity contribution in [3.63, 3.8) is 0 Å². The Morgan fingerprint density at radius 2 is 2.09 bits per heavy atom. The zero-order chi connectivity index (χ0) is 15.5. The average molecular weight is 331 g/mol. The minimum absolute atomic E-state index is 0.379. The number of hydrogen-bond acceptors (Lipinski definition) is 4. The Morgan fingerprint density at radius 3 is 2.86 bits per heavy atom. The van der Waals surface area contributed by atoms with Gasteiger partial charge in [0, 0.05) is 22.3 Å². The molecule has 0 bridgehead atoms. The Kier molecular flexibility index (Phi) is 4.71. The number of nitrogens with zero attached hydrogens (tertiary/aromatic N) is 2. The van der Waals surface area contributed by atoms with Crippen molar-refractivity contribution in [1.82, 2.24) is 15.0 Å². The van der Waals surface area contributed by atoms with Gasteiger partial charge in [-0.05, 0) is 36.4 Å². The molecule has 0 spiro atoms. The van der Waals surface area contributed by atoms with Gasteiger partial charge in [0.1, 0.15) is 0 Å². The SMILES string of the molecule is CCSc1ccnc(C[S@+]([O-])c2nc3ccccc3[nH]2)c1C. The number of hydrogen-bond donors (Lipinski definition) is 1. The maximum Gasteiger partial charge on any atom is 0.322 e. The van der Waals surface area contributed by atoms with E-state index in [2.05, 4.69) is 21.9 Å². The highest BCUT2D eigenvalue weighted by atomic mass is 32.2. The van der Waals surface area contributed by atoms with Crippen LogP contribution in [0.3, 0.4) is 0 Å². The summed E-state index contributed by atoms with van der Waals surface area (Å²) in [5.41, 5.74) is 3.73. The summed E-state index contributed by atoms with van der Waals surface area (Å²) in [7, 11) is 0. The summed E-state index contributed by atoms with van der Waals surface area (Å²) in [6.07, 6.45) is 1.79. The molecule has 4 nitrogen and oxygen atoms in total. The van der Waals surface area contributed by atoms with Crippen molar-refractivity contribution in [2.45, 2.75) is 29.7 Å². The third-order valence-electron chi connectivity index (χ3n) is 3.41. The monoisotopic (exact) mass is 331 g/mol. The number of H-pyrrole nitrogens is 1. The smallest absolute Gasteiger partial charge is 0.322 e. The first-order valence-electron chi connectivity index (χ1n) is 7.09. The van der Waals surface area contributed by atoms with Crippen molar-refractivity contribution in [1.29, 1.82) is 0 Å². The highest BCUT2D eigenvalue weighted by Gasteiger charge is 2.19. The molecule has 114 valence electrons. The predicted octanol–water partition coefficient (Wildman–Crippen LogP) is 3.69. The number of pyridine rings is 1. The van der Waals surface area contributed by atoms with E-state index in [-0.39, 0.29) is 0 Å². The zero-order valence-electron chi connectivity index (χ0n) is 12.5. The molecular formula is C16H17N3OS2. The Balaban J connectivity index is 1.84. The number of para-hydroxylation sites is 2. The Hall–Kier alpha value is -1.50. The van der Waals surface area contributed by atoms with E-state index in [0.717, 1.165) is 28.0 Å². The van der Waals surface area contributed by atoms with Crippen LogP contribution in [0.5, 0.6) is 0 Å². The lowest BCUT2D eigenvalue weighted by molar-refractivity contribution is 0.586. The second kappa shape index (κ2) is 6.73. The number of thioether (sulfide) groups is 1. The summed E-state index contributed by atoms with van der Waals surface area (Å²) in [6, 6.07) is 9.72. The fourth-order valence-corrected chi connectivity index (χ4v) is 4.15. The lowest BCUT2D eigenvalue weighted by Crippen LogP contribution is -2.10. The second-order valence-corrected chi connectivity index (χ2v) is 7.54. The maximum absolute atomic E-state index is 12.6. The third-order valence-corrected chi connectivity index (χ3v) is 5.61. The predicted molar refractivity (Wildman–Crippen MR) is 91.6 cm³/mol. The van der Waals surface area contributed by atoms with Crippen molar-refractivity contribution in [3.8, 4) is 0 Å². The highest BCUT2D eigenvalue weighted by molar-refractivity contribution is 7.99. The van der Waals surface area contributed by atoms with Gasteiger partial charge in [-0.2, -0.15) is 4.98 Å². The number of rotatable bonds is 5. The summed E-state index contributed by atoms with van der Waals surface area (Å²) in [5.74, 6) is 1.39. The first-order chi connectivity index (χ1) is 10.7. The van der Waals surface area contributed by atoms with Gasteiger partial charge in [0.25, 0.3) is 0 Å². The number of fused-ring (bicyclic) bond motifs is 1. The van der Waals surface area contributed by atoms with Crippen LogP contribution < -0.4 is 0 Å². The van der Waals surface area contributed by atoms with Crippen molar-refractivity contribution in [3.05, 3.63) is 47.8 Å². The fourth-order valence-electron chi connectivity index (χ4n) is 2.25. The van der Waals surface area contributed by atoms with Crippen LogP contribution in [0.4, 0.5) is 0 Å². The molecule has 1 N–H and O–H groups in total. The van der Waals surface area contributed by atoms with Gasteiger partial charge in [-0.3, -0.25) is 9.97 Å². The molecule has 0 aliphatic rings. The van der Waals surface area contributed by atoms with Gasteiger partial charge in [-0.1, -0.05) is 19.1 Å². The lowest BCUT2D eigenvalue weighted by Gasteiger charge is -2.11. The molecule has 1 atom stereocenters. The van der Waals surface area contributed by atoms with E-state index in [4.69, 9.17) is 0 Å². The van der Waals surface area contributed by atoms with E-state index in [9.17, 15) is 4.55 Å². The van der Waals surface area contributed by atoms with Gasteiger partial charge in [-0.25, -0.2) is 0 Å². The minimum Gasteiger partial charge on any atom is -0.609 e. The molecule has 0 amide bonds. The van der Waals surface area contributed by atoms with Crippen LogP contribution in [0.25, 0.3) is 11.0 Å². The molecule has 3 aromatic rings. The molecule has 0 saturated carbocycles. The Morgan fingerprint density at radius 1 is 1.27 bits per heavy atom. The summed E-state index contributed by atoms with van der Waals surface area (Å²) >= 11 is 0.552. The molecule has 6 heteroatoms. The maximum atomic E-state index is 12.6. The van der Waals surface area contributed by atoms with Crippen LogP contribution >= 0.6 is 11.8 Å². The van der Waals surface area contributed by atoms with Crippen LogP contribution in [0.1, 0.15) is 18.2 Å². The van der Waals surface area contributed by atoms with E-state index in [1.807, 2.05) is 37.3 Å². The molecule has 0 aliphatic carbocycles. The van der Waals surface area contributed by atoms with Gasteiger partial charge in [0.2, 0.25) is 0 Å². The summed E-state index contributed by atoms with van der Waals surface area (Å²) in [4.78, 5) is 13.1. The summed E-state index contributed by atoms with van der Waals surface area (Å²) in [6.45, 7) is 4.16. The summed E-state index contributed by atoms with van der Waals surface area (Å²) < 4.78 is 12.6. The van der Waals surface area contributed by atoms with Crippen LogP contribution in [0.2, 0.25) is 0 Å². The van der Waals surface area contributed by atoms with Crippen LogP contribution in [0.15, 0.2) is 46.6 Å². The van der Waals surface area contributed by atoms with Gasteiger partial charge in [-0.15, -0.1) is 11.8 Å². The molecule has 2 aromatic heterocycles. The van der Waals surface area contributed by atoms with E-state index < -0.39 is 11.2 Å². The highest BCUT2D eigenvalue weighted by Crippen LogP contribution is 2.25. The van der Waals surface area contributed by atoms with Crippen molar-refractivity contribution >= 4 is 34.0 Å². The standard InChI is InChI=1S/C16H17N3OS2/c1-3-21-15-8-9-17-14(11(15)2)10-22(20)16-18-12-6-4-5-7-13(12)19-16/h4-9H,3,10H2,1-2H3,(H,18,19)/t22-/m0/s1. The molecule has 0 unspecified atom stereocenters. The molecule has 2 heterocycles. The largest absolute Gasteiger partial charge is 0.609 e. The normalized spacial score (nSPS) is 12.7. The van der Waals surface area contributed by atoms with Gasteiger partial charge < -0.3 is 4.55 Å². The first-order valence-corrected chi connectivity index (χ1v) is 9.40. The minimum atomic E-state index is -1.23. The quantitative estimate of drug-likeness (QED) is 0.572. The van der Waals surface area contributed by atoms with E-state index in [1.54, 1.807) is 18.0 Å². The van der Waals surface area contributed by atoms with E-state index in [1.165, 1.54) is 4.90 Å². The molecule has 0 aliphatic heterocycles. The fraction of sp³-hybridized carbons (Fsp3) is 0.250. The molecule has 1 aromatic carbocycles. The lowest BCUT2D eigenvalue weighted by atomic mass is 10.2. The molecular weight excluding hydrogens is 314 g/mol. The summed E-state index contributed by atoms with van der Waals surface area (Å²) in [5, 5.41) is 0.510. The number of imidazole rings is 1. The molecule has 3 rings (SSSR count). The Labute approximate surface area is 136 Å². The number of nitrogens with one attached hydrogen (secondary N) is 1. The van der Waals surface area contributed by atoms with Crippen LogP contribution in [-0.2, 0) is 16.9 Å². The van der Waals surface area contributed by atoms with Gasteiger partial charge in [0.15, 0.2) is 5.75 Å². The number of benzene rings is 1. The molecule has 0 saturated heterocycles. The van der Waals surface area contributed by atoms with Crippen molar-refractivity contribution in [2.24, 2.45) is 0 Å². The topological polar surface area (TPSA) is 64.6 Å². The second-order valence-electron chi connectivity index (χ2n) is 4.86. The van der Waals surface area contributed by atoms with E-state index >= 15 is 0 Å². The number of aromatic amines is 1. The average Bonchev–Trinajstić information content (AvgIpc) is 2.95. The van der Waals surface area contributed by atoms with Crippen LogP contribution in [-0.4, -0.2) is 25.3 Å². The van der Waals surface area contributed by atoms with Gasteiger partial charge >= 0.3 is 5.16 Å². The third kappa shape index (κ3) is 3.14. The molecule has 0 fully saturated rings. The molecule has 0 radical (unpaired) electrons. The Bertz CT molecular complexity index is 755. The molecule has 22 heavy (non-hydrogen) atoms. The van der Waals surface area contributed by atoms with Crippen LogP contribution in [0, 0.1) is 6.92 Å². The number of aromatic nitrogens is 3. The first kappa shape index (κ1) is 15.4. The van der Waals surface area contributed by atoms with Crippen molar-refractivity contribution in [2.75, 3.05) is 5.75 Å². The van der Waals surface area contributed by atoms with E-state index in [0.29, 0.717) is 10.9 Å². The van der Waals surface area contributed by atoms with Crippen molar-refractivity contribution < 1.29 is 4.55 Å². The zero-order valence-corrected chi connectivity index (χ0v) is 14.1. The van der Waals surface area contributed by atoms with Gasteiger partial charge in [0.05, 0.1) is 16.7 Å².